The van der Waals surface area contributed by atoms with E-state index in [9.17, 15) is 37.2 Å². The number of nitrogens with zero attached hydrogens (tertiary/aromatic N) is 2. The summed E-state index contributed by atoms with van der Waals surface area (Å²) >= 11 is 0. The number of benzene rings is 1. The van der Waals surface area contributed by atoms with Gasteiger partial charge in [0.15, 0.2) is 0 Å². The largest absolute Gasteiger partial charge is 0.407 e. The van der Waals surface area contributed by atoms with Gasteiger partial charge in [0, 0.05) is 44.6 Å². The molecule has 3 amide bonds. The molecule has 3 atom stereocenters. The Morgan fingerprint density at radius 1 is 1.02 bits per heavy atom. The molecular weight excluding hydrogens is 602 g/mol. The number of allylic oxidation sites excluding steroid dienone is 1. The minimum atomic E-state index is -5.60. The Hall–Kier alpha value is -2.39. The van der Waals surface area contributed by atoms with Crippen molar-refractivity contribution >= 4 is 38.3 Å². The van der Waals surface area contributed by atoms with E-state index in [1.807, 2.05) is 25.7 Å². The van der Waals surface area contributed by atoms with Crippen molar-refractivity contribution in [3.8, 4) is 0 Å². The fraction of sp³-hybridized carbons (Fsp3) is 0.621. The molecule has 10 nitrogen and oxygen atoms in total. The summed E-state index contributed by atoms with van der Waals surface area (Å²) in [5.41, 5.74) is -5.03. The number of hydrogen-bond acceptors (Lipinski definition) is 6. The molecule has 1 aromatic rings. The molecule has 2 N–H and O–H groups in total. The van der Waals surface area contributed by atoms with Crippen molar-refractivity contribution in [2.45, 2.75) is 77.5 Å². The molecular formula is C29H43F2N3O7P2. The van der Waals surface area contributed by atoms with Gasteiger partial charge in [-0.15, -0.1) is 0 Å². The first-order valence-electron chi connectivity index (χ1n) is 14.4. The van der Waals surface area contributed by atoms with Gasteiger partial charge in [-0.3, -0.25) is 23.5 Å². The van der Waals surface area contributed by atoms with E-state index in [0.29, 0.717) is 43.6 Å². The number of halogens is 2. The summed E-state index contributed by atoms with van der Waals surface area (Å²) < 4.78 is 57.8. The first kappa shape index (κ1) is 35.1. The van der Waals surface area contributed by atoms with Crippen LogP contribution in [0.1, 0.15) is 70.9 Å². The van der Waals surface area contributed by atoms with Gasteiger partial charge >= 0.3 is 13.3 Å². The molecule has 0 saturated carbocycles. The lowest BCUT2D eigenvalue weighted by molar-refractivity contribution is -0.147. The van der Waals surface area contributed by atoms with Crippen LogP contribution in [-0.4, -0.2) is 77.5 Å². The molecule has 2 fully saturated rings. The van der Waals surface area contributed by atoms with Crippen LogP contribution >= 0.6 is 15.0 Å². The van der Waals surface area contributed by atoms with Gasteiger partial charge in [0.1, 0.15) is 12.1 Å². The van der Waals surface area contributed by atoms with Crippen LogP contribution < -0.4 is 5.32 Å². The molecule has 2 aliphatic rings. The number of rotatable bonds is 9. The van der Waals surface area contributed by atoms with E-state index in [0.717, 1.165) is 44.7 Å². The molecule has 0 aliphatic carbocycles. The van der Waals surface area contributed by atoms with Crippen LogP contribution in [0, 0.1) is 5.41 Å². The van der Waals surface area contributed by atoms with Crippen LogP contribution in [0.15, 0.2) is 30.3 Å². The predicted octanol–water partition coefficient (Wildman–Crippen LogP) is 5.41. The lowest BCUT2D eigenvalue weighted by Gasteiger charge is -2.37. The molecule has 240 valence electrons. The number of amides is 3. The number of carbonyl (C=O) groups excluding carboxylic acids is 3. The molecule has 43 heavy (non-hydrogen) atoms. The van der Waals surface area contributed by atoms with Gasteiger partial charge in [0.2, 0.25) is 25.1 Å². The van der Waals surface area contributed by atoms with E-state index in [-0.39, 0.29) is 11.8 Å². The molecule has 3 rings (SSSR count). The third kappa shape index (κ3) is 8.62. The second-order valence-corrected chi connectivity index (χ2v) is 17.4. The number of likely N-dealkylation sites (tertiary alicyclic amines) is 2. The average molecular weight is 646 g/mol. The Bertz CT molecular complexity index is 1330. The first-order chi connectivity index (χ1) is 19.7. The van der Waals surface area contributed by atoms with Gasteiger partial charge in [0.25, 0.3) is 0 Å². The molecule has 1 unspecified atom stereocenters. The van der Waals surface area contributed by atoms with E-state index in [1.165, 1.54) is 18.2 Å². The SMILES string of the molecule is C/C(=C\C(=O)N[C@H](C(=O)N1CCC[C@H]1C(=O)N1CCCCC1)C(C)(C)C)c1ccc(C(F)(F)P(=O)(O)OP(C)(C)=O)cc1. The second kappa shape index (κ2) is 13.3. The Balaban J connectivity index is 1.75. The van der Waals surface area contributed by atoms with E-state index in [4.69, 9.17) is 0 Å². The van der Waals surface area contributed by atoms with Crippen molar-refractivity contribution in [2.75, 3.05) is 33.0 Å². The zero-order valence-electron chi connectivity index (χ0n) is 25.6. The van der Waals surface area contributed by atoms with Crippen molar-refractivity contribution in [2.24, 2.45) is 5.41 Å². The summed E-state index contributed by atoms with van der Waals surface area (Å²) in [6.07, 6.45) is 5.49. The smallest absolute Gasteiger partial charge is 0.341 e. The van der Waals surface area contributed by atoms with Crippen LogP contribution in [0.5, 0.6) is 0 Å². The van der Waals surface area contributed by atoms with Crippen LogP contribution in [0.4, 0.5) is 8.78 Å². The van der Waals surface area contributed by atoms with Crippen LogP contribution in [0.2, 0.25) is 0 Å². The summed E-state index contributed by atoms with van der Waals surface area (Å²) in [6, 6.07) is 2.90. The summed E-state index contributed by atoms with van der Waals surface area (Å²) in [5, 5.41) is 2.79. The zero-order valence-corrected chi connectivity index (χ0v) is 27.4. The summed E-state index contributed by atoms with van der Waals surface area (Å²) in [4.78, 5) is 53.3. The van der Waals surface area contributed by atoms with E-state index in [2.05, 4.69) is 9.63 Å². The number of carbonyl (C=O) groups is 3. The number of nitrogens with one attached hydrogen (secondary N) is 1. The highest BCUT2D eigenvalue weighted by Gasteiger charge is 2.54. The third-order valence-corrected chi connectivity index (χ3v) is 11.0. The molecule has 0 bridgehead atoms. The molecule has 2 aliphatic heterocycles. The minimum Gasteiger partial charge on any atom is -0.341 e. The molecule has 0 spiro atoms. The standard InChI is InChI=1S/C29H43F2N3O7P2/c1-20(21-12-14-22(15-13-21)29(30,31)43(39,40)41-42(5,6)38)19-24(35)32-25(28(2,3)4)27(37)34-18-10-11-23(34)26(36)33-16-8-7-9-17-33/h12-15,19,23,25H,7-11,16-18H2,1-6H3,(H,32,35)(H,39,40)/b20-19+/t23-,25+/m0/s1. The number of hydrogen-bond donors (Lipinski definition) is 2. The second-order valence-electron chi connectivity index (χ2n) is 12.7. The first-order valence-corrected chi connectivity index (χ1v) is 18.5. The zero-order chi connectivity index (χ0) is 32.4. The van der Waals surface area contributed by atoms with Crippen molar-refractivity contribution in [3.63, 3.8) is 0 Å². The van der Waals surface area contributed by atoms with E-state index >= 15 is 0 Å². The summed E-state index contributed by atoms with van der Waals surface area (Å²) in [6.45, 7) is 10.8. The normalized spacial score (nSPS) is 20.9. The number of piperidine rings is 1. The fourth-order valence-electron chi connectivity index (χ4n) is 5.31. The van der Waals surface area contributed by atoms with Gasteiger partial charge in [-0.2, -0.15) is 8.78 Å². The third-order valence-electron chi connectivity index (χ3n) is 7.59. The Morgan fingerprint density at radius 3 is 2.14 bits per heavy atom. The van der Waals surface area contributed by atoms with Gasteiger partial charge < -0.3 is 20.0 Å². The van der Waals surface area contributed by atoms with Crippen LogP contribution in [0.3, 0.4) is 0 Å². The van der Waals surface area contributed by atoms with E-state index < -0.39 is 49.6 Å². The average Bonchev–Trinajstić information content (AvgIpc) is 3.39. The molecule has 2 saturated heterocycles. The maximum absolute atomic E-state index is 14.8. The van der Waals surface area contributed by atoms with Gasteiger partial charge in [-0.1, -0.05) is 45.0 Å². The van der Waals surface area contributed by atoms with E-state index in [1.54, 1.807) is 11.8 Å². The Morgan fingerprint density at radius 2 is 1.60 bits per heavy atom. The lowest BCUT2D eigenvalue weighted by atomic mass is 9.85. The molecule has 0 aromatic heterocycles. The molecule has 0 radical (unpaired) electrons. The molecule has 2 heterocycles. The van der Waals surface area contributed by atoms with Crippen molar-refractivity contribution < 1.29 is 41.5 Å². The predicted molar refractivity (Wildman–Crippen MR) is 161 cm³/mol. The fourth-order valence-corrected chi connectivity index (χ4v) is 8.32. The highest BCUT2D eigenvalue weighted by atomic mass is 31.3. The number of alkyl halides is 2. The molecule has 1 aromatic carbocycles. The summed E-state index contributed by atoms with van der Waals surface area (Å²) in [7, 11) is -9.30. The van der Waals surface area contributed by atoms with Crippen molar-refractivity contribution in [1.82, 2.24) is 15.1 Å². The monoisotopic (exact) mass is 645 g/mol. The van der Waals surface area contributed by atoms with Crippen LogP contribution in [-0.2, 0) is 33.5 Å². The van der Waals surface area contributed by atoms with Crippen LogP contribution in [0.25, 0.3) is 5.57 Å². The quantitative estimate of drug-likeness (QED) is 0.271. The van der Waals surface area contributed by atoms with Crippen molar-refractivity contribution in [1.29, 1.82) is 0 Å². The summed E-state index contributed by atoms with van der Waals surface area (Å²) in [5.74, 6) is -0.948. The topological polar surface area (TPSA) is 133 Å². The highest BCUT2D eigenvalue weighted by Crippen LogP contribution is 2.69. The molecule has 14 heteroatoms. The van der Waals surface area contributed by atoms with Crippen molar-refractivity contribution in [3.05, 3.63) is 41.5 Å². The Kier molecular flexibility index (Phi) is 10.9. The Labute approximate surface area is 252 Å². The van der Waals surface area contributed by atoms with Gasteiger partial charge in [0.05, 0.1) is 0 Å². The maximum atomic E-state index is 14.8. The minimum absolute atomic E-state index is 0.0446. The maximum Gasteiger partial charge on any atom is 0.407 e. The van der Waals surface area contributed by atoms with Gasteiger partial charge in [-0.05, 0) is 55.6 Å². The highest BCUT2D eigenvalue weighted by molar-refractivity contribution is 7.68. The van der Waals surface area contributed by atoms with Gasteiger partial charge in [-0.25, -0.2) is 4.31 Å². The lowest BCUT2D eigenvalue weighted by Crippen LogP contribution is -2.58.